The number of hydrogen-bond donors (Lipinski definition) is 1. The molecule has 3 nitrogen and oxygen atoms in total. The molecule has 4 heteroatoms. The lowest BCUT2D eigenvalue weighted by atomic mass is 9.96. The molecule has 2 fully saturated rings. The predicted molar refractivity (Wildman–Crippen MR) is 77.1 cm³/mol. The molecule has 20 heavy (non-hydrogen) atoms. The van der Waals surface area contributed by atoms with Crippen LogP contribution in [0, 0.1) is 17.1 Å². The van der Waals surface area contributed by atoms with Crippen LogP contribution in [0.2, 0.25) is 0 Å². The van der Waals surface area contributed by atoms with Gasteiger partial charge in [-0.1, -0.05) is 6.92 Å². The highest BCUT2D eigenvalue weighted by Crippen LogP contribution is 2.40. The number of piperidine rings is 1. The molecule has 1 aromatic carbocycles. The Hall–Kier alpha value is -1.60. The van der Waals surface area contributed by atoms with Gasteiger partial charge >= 0.3 is 0 Å². The average Bonchev–Trinajstić information content (AvgIpc) is 2.70. The zero-order valence-electron chi connectivity index (χ0n) is 11.8. The van der Waals surface area contributed by atoms with Crippen molar-refractivity contribution in [3.8, 4) is 6.07 Å². The van der Waals surface area contributed by atoms with Gasteiger partial charge in [0.1, 0.15) is 5.82 Å². The molecule has 0 saturated carbocycles. The molecule has 2 bridgehead atoms. The maximum absolute atomic E-state index is 14.2. The highest BCUT2D eigenvalue weighted by molar-refractivity contribution is 5.54. The molecule has 2 unspecified atom stereocenters. The molecule has 2 aliphatic heterocycles. The van der Waals surface area contributed by atoms with Crippen LogP contribution >= 0.6 is 0 Å². The lowest BCUT2D eigenvalue weighted by Crippen LogP contribution is -2.49. The van der Waals surface area contributed by atoms with Crippen LogP contribution in [0.15, 0.2) is 18.2 Å². The smallest absolute Gasteiger partial charge is 0.147 e. The Morgan fingerprint density at radius 3 is 2.60 bits per heavy atom. The summed E-state index contributed by atoms with van der Waals surface area (Å²) >= 11 is 0. The van der Waals surface area contributed by atoms with Crippen molar-refractivity contribution in [3.05, 3.63) is 29.6 Å². The molecule has 0 radical (unpaired) electrons. The maximum Gasteiger partial charge on any atom is 0.147 e. The largest absolute Gasteiger partial charge is 0.363 e. The van der Waals surface area contributed by atoms with Gasteiger partial charge in [0.25, 0.3) is 0 Å². The number of anilines is 1. The fourth-order valence-corrected chi connectivity index (χ4v) is 3.81. The predicted octanol–water partition coefficient (Wildman–Crippen LogP) is 2.81. The quantitative estimate of drug-likeness (QED) is 0.920. The highest BCUT2D eigenvalue weighted by atomic mass is 19.1. The second-order valence-corrected chi connectivity index (χ2v) is 5.80. The van der Waals surface area contributed by atoms with E-state index < -0.39 is 0 Å². The van der Waals surface area contributed by atoms with Gasteiger partial charge < -0.3 is 10.2 Å². The van der Waals surface area contributed by atoms with Gasteiger partial charge in [-0.2, -0.15) is 5.26 Å². The summed E-state index contributed by atoms with van der Waals surface area (Å²) in [6, 6.07) is 8.26. The molecule has 106 valence electrons. The van der Waals surface area contributed by atoms with Gasteiger partial charge in [-0.3, -0.25) is 0 Å². The third-order valence-electron chi connectivity index (χ3n) is 4.58. The molecular formula is C16H20FN3. The normalized spacial score (nSPS) is 28.4. The van der Waals surface area contributed by atoms with Gasteiger partial charge in [0.15, 0.2) is 0 Å². The van der Waals surface area contributed by atoms with Crippen molar-refractivity contribution in [1.29, 1.82) is 5.26 Å². The number of hydrogen-bond acceptors (Lipinski definition) is 3. The highest BCUT2D eigenvalue weighted by Gasteiger charge is 2.41. The minimum Gasteiger partial charge on any atom is -0.363 e. The SMILES string of the molecule is CCNC1CC2CCC(C1)N2c1ccc(C#N)cc1F. The Morgan fingerprint density at radius 1 is 1.35 bits per heavy atom. The summed E-state index contributed by atoms with van der Waals surface area (Å²) in [6.07, 6.45) is 4.46. The van der Waals surface area contributed by atoms with E-state index in [1.165, 1.54) is 6.07 Å². The van der Waals surface area contributed by atoms with Crippen molar-refractivity contribution >= 4 is 5.69 Å². The fourth-order valence-electron chi connectivity index (χ4n) is 3.81. The lowest BCUT2D eigenvalue weighted by Gasteiger charge is -2.41. The standard InChI is InChI=1S/C16H20FN3/c1-2-19-12-8-13-4-5-14(9-12)20(13)16-6-3-11(10-18)7-15(16)17/h3,6-7,12-14,19H,2,4-5,8-9H2,1H3. The van der Waals surface area contributed by atoms with Crippen molar-refractivity contribution in [2.45, 2.75) is 50.7 Å². The van der Waals surface area contributed by atoms with Crippen LogP contribution in [0.4, 0.5) is 10.1 Å². The minimum absolute atomic E-state index is 0.261. The third-order valence-corrected chi connectivity index (χ3v) is 4.58. The Bertz CT molecular complexity index is 523. The molecule has 0 aromatic heterocycles. The van der Waals surface area contributed by atoms with E-state index >= 15 is 0 Å². The maximum atomic E-state index is 14.2. The van der Waals surface area contributed by atoms with E-state index in [4.69, 9.17) is 5.26 Å². The molecule has 0 spiro atoms. The summed E-state index contributed by atoms with van der Waals surface area (Å²) in [5, 5.41) is 12.4. The number of nitrogens with one attached hydrogen (secondary N) is 1. The van der Waals surface area contributed by atoms with Crippen LogP contribution in [0.25, 0.3) is 0 Å². The van der Waals surface area contributed by atoms with Crippen molar-refractivity contribution < 1.29 is 4.39 Å². The summed E-state index contributed by atoms with van der Waals surface area (Å²) in [5.74, 6) is -0.261. The molecule has 2 saturated heterocycles. The van der Waals surface area contributed by atoms with Crippen LogP contribution in [0.1, 0.15) is 38.2 Å². The molecule has 3 rings (SSSR count). The second kappa shape index (κ2) is 5.41. The monoisotopic (exact) mass is 273 g/mol. The Morgan fingerprint density at radius 2 is 2.05 bits per heavy atom. The van der Waals surface area contributed by atoms with Crippen LogP contribution < -0.4 is 10.2 Å². The Balaban J connectivity index is 1.84. The first-order valence-corrected chi connectivity index (χ1v) is 7.44. The number of nitrogens with zero attached hydrogens (tertiary/aromatic N) is 2. The number of halogens is 1. The van der Waals surface area contributed by atoms with Crippen molar-refractivity contribution in [1.82, 2.24) is 5.32 Å². The van der Waals surface area contributed by atoms with Gasteiger partial charge in [-0.15, -0.1) is 0 Å². The van der Waals surface area contributed by atoms with Crippen molar-refractivity contribution in [3.63, 3.8) is 0 Å². The number of nitriles is 1. The topological polar surface area (TPSA) is 39.1 Å². The fraction of sp³-hybridized carbons (Fsp3) is 0.562. The van der Waals surface area contributed by atoms with Gasteiger partial charge in [0.2, 0.25) is 0 Å². The average molecular weight is 273 g/mol. The number of fused-ring (bicyclic) bond motifs is 2. The second-order valence-electron chi connectivity index (χ2n) is 5.80. The van der Waals surface area contributed by atoms with Crippen LogP contribution in [-0.4, -0.2) is 24.7 Å². The molecule has 2 aliphatic rings. The first kappa shape index (κ1) is 13.4. The van der Waals surface area contributed by atoms with Crippen molar-refractivity contribution in [2.75, 3.05) is 11.4 Å². The first-order chi connectivity index (χ1) is 9.72. The Labute approximate surface area is 119 Å². The molecule has 1 aromatic rings. The zero-order chi connectivity index (χ0) is 14.1. The molecule has 0 aliphatic carbocycles. The van der Waals surface area contributed by atoms with E-state index in [0.717, 1.165) is 32.2 Å². The van der Waals surface area contributed by atoms with Crippen LogP contribution in [0.5, 0.6) is 0 Å². The van der Waals surface area contributed by atoms with Crippen molar-refractivity contribution in [2.24, 2.45) is 0 Å². The lowest BCUT2D eigenvalue weighted by molar-refractivity contribution is 0.359. The number of rotatable bonds is 3. The van der Waals surface area contributed by atoms with Gasteiger partial charge in [0, 0.05) is 18.1 Å². The number of benzene rings is 1. The Kier molecular flexibility index (Phi) is 3.62. The van der Waals surface area contributed by atoms with Gasteiger partial charge in [-0.25, -0.2) is 4.39 Å². The van der Waals surface area contributed by atoms with E-state index in [0.29, 0.717) is 29.4 Å². The third kappa shape index (κ3) is 2.27. The van der Waals surface area contributed by atoms with E-state index in [9.17, 15) is 4.39 Å². The van der Waals surface area contributed by atoms with Gasteiger partial charge in [0.05, 0.1) is 17.3 Å². The van der Waals surface area contributed by atoms with E-state index in [2.05, 4.69) is 17.1 Å². The molecule has 0 amide bonds. The summed E-state index contributed by atoms with van der Waals surface area (Å²) in [6.45, 7) is 3.13. The summed E-state index contributed by atoms with van der Waals surface area (Å²) in [5.41, 5.74) is 1.06. The van der Waals surface area contributed by atoms with Crippen LogP contribution in [-0.2, 0) is 0 Å². The molecule has 1 N–H and O–H groups in total. The summed E-state index contributed by atoms with van der Waals surface area (Å²) in [4.78, 5) is 2.25. The molecule has 2 atom stereocenters. The van der Waals surface area contributed by atoms with E-state index in [1.54, 1.807) is 12.1 Å². The van der Waals surface area contributed by atoms with Crippen LogP contribution in [0.3, 0.4) is 0 Å². The molecule has 2 heterocycles. The van der Waals surface area contributed by atoms with E-state index in [-0.39, 0.29) is 5.82 Å². The zero-order valence-corrected chi connectivity index (χ0v) is 11.8. The van der Waals surface area contributed by atoms with E-state index in [1.807, 2.05) is 6.07 Å². The minimum atomic E-state index is -0.261. The molecular weight excluding hydrogens is 253 g/mol. The summed E-state index contributed by atoms with van der Waals surface area (Å²) in [7, 11) is 0. The summed E-state index contributed by atoms with van der Waals surface area (Å²) < 4.78 is 14.2. The first-order valence-electron chi connectivity index (χ1n) is 7.44. The van der Waals surface area contributed by atoms with Gasteiger partial charge in [-0.05, 0) is 50.4 Å².